The molecule has 0 atom stereocenters. The molecule has 0 fully saturated rings. The minimum Gasteiger partial charge on any atom is -0.204 e. The zero-order valence-corrected chi connectivity index (χ0v) is 8.49. The molecule has 0 aliphatic carbocycles. The normalized spacial score (nSPS) is 15.0. The van der Waals surface area contributed by atoms with Gasteiger partial charge in [0.25, 0.3) is 0 Å². The number of halogens is 1. The molecule has 1 aliphatic rings. The van der Waals surface area contributed by atoms with Crippen LogP contribution in [-0.4, -0.2) is 10.7 Å². The predicted molar refractivity (Wildman–Crippen MR) is 58.5 cm³/mol. The van der Waals surface area contributed by atoms with Crippen molar-refractivity contribution in [3.8, 4) is 0 Å². The van der Waals surface area contributed by atoms with Crippen molar-refractivity contribution in [3.63, 3.8) is 0 Å². The minimum absolute atomic E-state index is 0.985. The third-order valence-corrected chi connectivity index (χ3v) is 2.17. The zero-order chi connectivity index (χ0) is 9.97. The maximum Gasteiger partial charge on any atom is 0.0583 e. The number of nitrogens with one attached hydrogen (secondary N) is 1. The van der Waals surface area contributed by atoms with Crippen molar-refractivity contribution in [2.45, 2.75) is 6.92 Å². The van der Waals surface area contributed by atoms with Crippen LogP contribution in [0.25, 0.3) is 5.57 Å². The van der Waals surface area contributed by atoms with Crippen LogP contribution in [0.5, 0.6) is 0 Å². The lowest BCUT2D eigenvalue weighted by Gasteiger charge is -2.15. The fraction of sp³-hybridized carbons (Fsp3) is 0.100. The first-order valence-corrected chi connectivity index (χ1v) is 4.62. The van der Waals surface area contributed by atoms with E-state index in [1.807, 2.05) is 12.1 Å². The van der Waals surface area contributed by atoms with E-state index in [0.717, 1.165) is 11.1 Å². The molecule has 2 rings (SSSR count). The van der Waals surface area contributed by atoms with Gasteiger partial charge in [-0.25, -0.2) is 5.53 Å². The molecule has 1 N–H and O–H groups in total. The van der Waals surface area contributed by atoms with Crippen LogP contribution >= 0.6 is 11.8 Å². The van der Waals surface area contributed by atoms with Crippen LogP contribution in [0.3, 0.4) is 0 Å². The van der Waals surface area contributed by atoms with Crippen molar-refractivity contribution in [2.24, 2.45) is 5.10 Å². The molecule has 0 amide bonds. The first-order chi connectivity index (χ1) is 6.75. The van der Waals surface area contributed by atoms with Gasteiger partial charge in [0.15, 0.2) is 0 Å². The number of nitrogens with zero attached hydrogens (tertiary/aromatic N) is 2. The molecule has 72 valence electrons. The number of rotatable bonds is 1. The van der Waals surface area contributed by atoms with Gasteiger partial charge in [-0.3, -0.25) is 0 Å². The summed E-state index contributed by atoms with van der Waals surface area (Å²) in [6.07, 6.45) is 3.52. The van der Waals surface area contributed by atoms with Gasteiger partial charge in [0.1, 0.15) is 0 Å². The van der Waals surface area contributed by atoms with Crippen molar-refractivity contribution in [1.82, 2.24) is 10.1 Å². The Labute approximate surface area is 87.8 Å². The van der Waals surface area contributed by atoms with Crippen molar-refractivity contribution in [3.05, 3.63) is 41.6 Å². The molecular formula is C10H10ClN3. The number of allylic oxidation sites excluding steroid dienone is 1. The summed E-state index contributed by atoms with van der Waals surface area (Å²) >= 11 is 5.72. The molecule has 1 heterocycles. The molecule has 0 unspecified atom stereocenters. The van der Waals surface area contributed by atoms with Crippen LogP contribution < -0.4 is 5.53 Å². The molecule has 0 saturated heterocycles. The van der Waals surface area contributed by atoms with Gasteiger partial charge < -0.3 is 0 Å². The fourth-order valence-electron chi connectivity index (χ4n) is 1.23. The van der Waals surface area contributed by atoms with Crippen LogP contribution in [0.1, 0.15) is 11.1 Å². The van der Waals surface area contributed by atoms with Crippen LogP contribution in [-0.2, 0) is 0 Å². The van der Waals surface area contributed by atoms with E-state index in [2.05, 4.69) is 29.7 Å². The van der Waals surface area contributed by atoms with Crippen molar-refractivity contribution < 1.29 is 0 Å². The fourth-order valence-corrected chi connectivity index (χ4v) is 1.38. The third-order valence-electron chi connectivity index (χ3n) is 1.99. The SMILES string of the molecule is Cc1ccc(C2=CN(Cl)NN=C2)cc1. The Bertz CT molecular complexity index is 381. The van der Waals surface area contributed by atoms with E-state index in [1.54, 1.807) is 12.4 Å². The minimum atomic E-state index is 0.985. The van der Waals surface area contributed by atoms with E-state index in [0.29, 0.717) is 0 Å². The number of hydrogen-bond acceptors (Lipinski definition) is 3. The van der Waals surface area contributed by atoms with E-state index in [-0.39, 0.29) is 0 Å². The maximum absolute atomic E-state index is 5.72. The smallest absolute Gasteiger partial charge is 0.0583 e. The van der Waals surface area contributed by atoms with Gasteiger partial charge in [0.05, 0.1) is 12.4 Å². The van der Waals surface area contributed by atoms with Gasteiger partial charge in [0.2, 0.25) is 0 Å². The lowest BCUT2D eigenvalue weighted by molar-refractivity contribution is 0.454. The van der Waals surface area contributed by atoms with Crippen molar-refractivity contribution in [1.29, 1.82) is 0 Å². The first-order valence-electron chi connectivity index (χ1n) is 4.28. The van der Waals surface area contributed by atoms with Crippen molar-refractivity contribution >= 4 is 23.6 Å². The van der Waals surface area contributed by atoms with E-state index in [9.17, 15) is 0 Å². The highest BCUT2D eigenvalue weighted by Crippen LogP contribution is 2.16. The summed E-state index contributed by atoms with van der Waals surface area (Å²) < 4.78 is 1.30. The topological polar surface area (TPSA) is 27.6 Å². The van der Waals surface area contributed by atoms with Crippen LogP contribution in [0.2, 0.25) is 0 Å². The second-order valence-corrected chi connectivity index (χ2v) is 3.48. The molecule has 0 bridgehead atoms. The molecule has 14 heavy (non-hydrogen) atoms. The second kappa shape index (κ2) is 3.72. The molecular weight excluding hydrogens is 198 g/mol. The quantitative estimate of drug-likeness (QED) is 0.716. The summed E-state index contributed by atoms with van der Waals surface area (Å²) in [5, 5.41) is 3.89. The second-order valence-electron chi connectivity index (χ2n) is 3.12. The summed E-state index contributed by atoms with van der Waals surface area (Å²) in [5.41, 5.74) is 5.91. The van der Waals surface area contributed by atoms with Gasteiger partial charge in [-0.05, 0) is 12.5 Å². The van der Waals surface area contributed by atoms with Gasteiger partial charge in [-0.1, -0.05) is 29.8 Å². The van der Waals surface area contributed by atoms with E-state index < -0.39 is 0 Å². The molecule has 0 aromatic heterocycles. The zero-order valence-electron chi connectivity index (χ0n) is 7.74. The number of aryl methyl sites for hydroxylation is 1. The highest BCUT2D eigenvalue weighted by molar-refractivity contribution is 6.17. The maximum atomic E-state index is 5.72. The van der Waals surface area contributed by atoms with Gasteiger partial charge in [0, 0.05) is 17.3 Å². The summed E-state index contributed by atoms with van der Waals surface area (Å²) in [6, 6.07) is 8.21. The summed E-state index contributed by atoms with van der Waals surface area (Å²) in [7, 11) is 0. The Balaban J connectivity index is 2.31. The van der Waals surface area contributed by atoms with Gasteiger partial charge in [-0.2, -0.15) is 9.63 Å². The molecule has 4 heteroatoms. The van der Waals surface area contributed by atoms with Crippen LogP contribution in [0.4, 0.5) is 0 Å². The monoisotopic (exact) mass is 207 g/mol. The van der Waals surface area contributed by atoms with E-state index in [4.69, 9.17) is 11.8 Å². The highest BCUT2D eigenvalue weighted by Gasteiger charge is 2.04. The summed E-state index contributed by atoms with van der Waals surface area (Å²) in [5.74, 6) is 0. The van der Waals surface area contributed by atoms with Crippen LogP contribution in [0, 0.1) is 6.92 Å². The summed E-state index contributed by atoms with van der Waals surface area (Å²) in [4.78, 5) is 0. The number of hydrazine groups is 1. The Morgan fingerprint density at radius 2 is 2.00 bits per heavy atom. The number of hydrazone groups is 1. The lowest BCUT2D eigenvalue weighted by atomic mass is 10.1. The van der Waals surface area contributed by atoms with Crippen molar-refractivity contribution in [2.75, 3.05) is 0 Å². The number of benzene rings is 1. The highest BCUT2D eigenvalue weighted by atomic mass is 35.5. The Morgan fingerprint density at radius 3 is 2.64 bits per heavy atom. The van der Waals surface area contributed by atoms with Gasteiger partial charge >= 0.3 is 0 Å². The standard InChI is InChI=1S/C10H10ClN3/c1-8-2-4-9(5-3-8)10-6-12-13-14(11)7-10/h2-7,13H,1H3. The lowest BCUT2D eigenvalue weighted by Crippen LogP contribution is -2.22. The molecule has 1 aromatic carbocycles. The Kier molecular flexibility index (Phi) is 2.41. The third kappa shape index (κ3) is 1.88. The predicted octanol–water partition coefficient (Wildman–Crippen LogP) is 2.30. The van der Waals surface area contributed by atoms with E-state index >= 15 is 0 Å². The molecule has 0 saturated carbocycles. The largest absolute Gasteiger partial charge is 0.204 e. The van der Waals surface area contributed by atoms with Gasteiger partial charge in [-0.15, -0.1) is 0 Å². The summed E-state index contributed by atoms with van der Waals surface area (Å²) in [6.45, 7) is 2.06. The molecule has 3 nitrogen and oxygen atoms in total. The molecule has 0 spiro atoms. The van der Waals surface area contributed by atoms with Crippen LogP contribution in [0.15, 0.2) is 35.6 Å². The molecule has 1 aliphatic heterocycles. The number of hydrogen-bond donors (Lipinski definition) is 1. The van der Waals surface area contributed by atoms with E-state index in [1.165, 1.54) is 10.1 Å². The molecule has 1 aromatic rings. The average molecular weight is 208 g/mol. The molecule has 0 radical (unpaired) electrons. The average Bonchev–Trinajstić information content (AvgIpc) is 2.19. The Morgan fingerprint density at radius 1 is 1.29 bits per heavy atom. The first kappa shape index (κ1) is 9.09. The Hall–Kier alpha value is -1.48.